The van der Waals surface area contributed by atoms with Crippen LogP contribution in [0.25, 0.3) is 11.0 Å². The fourth-order valence-corrected chi connectivity index (χ4v) is 2.66. The summed E-state index contributed by atoms with van der Waals surface area (Å²) in [4.78, 5) is 18.6. The van der Waals surface area contributed by atoms with Crippen molar-refractivity contribution < 1.29 is 9.63 Å². The number of carbonyl (C=O) groups is 1. The summed E-state index contributed by atoms with van der Waals surface area (Å²) >= 11 is 2.23. The smallest absolute Gasteiger partial charge is 0.265 e. The number of amides is 1. The highest BCUT2D eigenvalue weighted by molar-refractivity contribution is 14.1. The standard InChI is InChI=1S/C15H13IN4O2/c1-10-8-11(16)6-7-12(10)17-15(21)9-22-20-14-5-3-2-4-13(14)18-19-20/h2-8H,9H2,1H3,(H,17,21). The third kappa shape index (κ3) is 3.19. The van der Waals surface area contributed by atoms with Crippen molar-refractivity contribution in [2.75, 3.05) is 11.9 Å². The van der Waals surface area contributed by atoms with Crippen LogP contribution >= 0.6 is 22.6 Å². The molecule has 112 valence electrons. The van der Waals surface area contributed by atoms with Gasteiger partial charge in [0.05, 0.1) is 0 Å². The summed E-state index contributed by atoms with van der Waals surface area (Å²) in [6.07, 6.45) is 0. The van der Waals surface area contributed by atoms with E-state index >= 15 is 0 Å². The average Bonchev–Trinajstić information content (AvgIpc) is 2.91. The fourth-order valence-electron chi connectivity index (χ4n) is 2.02. The summed E-state index contributed by atoms with van der Waals surface area (Å²) in [7, 11) is 0. The number of halogens is 1. The van der Waals surface area contributed by atoms with Gasteiger partial charge in [0, 0.05) is 9.26 Å². The predicted octanol–water partition coefficient (Wildman–Crippen LogP) is 2.41. The molecule has 1 N–H and O–H groups in total. The zero-order valence-corrected chi connectivity index (χ0v) is 13.9. The van der Waals surface area contributed by atoms with E-state index in [1.165, 1.54) is 4.85 Å². The van der Waals surface area contributed by atoms with E-state index in [1.807, 2.05) is 49.4 Å². The van der Waals surface area contributed by atoms with Crippen molar-refractivity contribution in [2.24, 2.45) is 0 Å². The Morgan fingerprint density at radius 2 is 2.14 bits per heavy atom. The SMILES string of the molecule is Cc1cc(I)ccc1NC(=O)COn1nnc2ccccc21. The first-order valence-corrected chi connectivity index (χ1v) is 7.71. The number of benzene rings is 2. The summed E-state index contributed by atoms with van der Waals surface area (Å²) in [6.45, 7) is 1.81. The molecule has 7 heteroatoms. The Morgan fingerprint density at radius 1 is 1.32 bits per heavy atom. The Kier molecular flexibility index (Phi) is 4.23. The molecule has 0 fully saturated rings. The molecule has 0 radical (unpaired) electrons. The molecule has 0 saturated heterocycles. The van der Waals surface area contributed by atoms with E-state index < -0.39 is 0 Å². The molecule has 0 aliphatic carbocycles. The fraction of sp³-hybridized carbons (Fsp3) is 0.133. The molecular formula is C15H13IN4O2. The van der Waals surface area contributed by atoms with Crippen LogP contribution in [0.15, 0.2) is 42.5 Å². The van der Waals surface area contributed by atoms with Crippen molar-refractivity contribution in [3.8, 4) is 0 Å². The van der Waals surface area contributed by atoms with E-state index in [0.717, 1.165) is 25.9 Å². The van der Waals surface area contributed by atoms with Gasteiger partial charge in [-0.05, 0) is 70.6 Å². The van der Waals surface area contributed by atoms with Gasteiger partial charge >= 0.3 is 0 Å². The van der Waals surface area contributed by atoms with Crippen LogP contribution in [0.1, 0.15) is 5.56 Å². The van der Waals surface area contributed by atoms with Gasteiger partial charge in [0.15, 0.2) is 6.61 Å². The Morgan fingerprint density at radius 3 is 2.95 bits per heavy atom. The van der Waals surface area contributed by atoms with Crippen LogP contribution in [-0.4, -0.2) is 27.7 Å². The summed E-state index contributed by atoms with van der Waals surface area (Å²) in [5.74, 6) is -0.246. The number of anilines is 1. The number of hydrogen-bond acceptors (Lipinski definition) is 4. The number of nitrogens with one attached hydrogen (secondary N) is 1. The van der Waals surface area contributed by atoms with Gasteiger partial charge in [0.25, 0.3) is 5.91 Å². The highest BCUT2D eigenvalue weighted by atomic mass is 127. The normalized spacial score (nSPS) is 10.6. The molecule has 3 rings (SSSR count). The van der Waals surface area contributed by atoms with Gasteiger partial charge in [-0.25, -0.2) is 0 Å². The van der Waals surface area contributed by atoms with Crippen LogP contribution < -0.4 is 10.2 Å². The number of carbonyl (C=O) groups excluding carboxylic acids is 1. The molecule has 0 atom stereocenters. The second-order valence-corrected chi connectivity index (χ2v) is 5.98. The first-order chi connectivity index (χ1) is 10.6. The minimum atomic E-state index is -0.246. The summed E-state index contributed by atoms with van der Waals surface area (Å²) in [6, 6.07) is 13.2. The van der Waals surface area contributed by atoms with Gasteiger partial charge < -0.3 is 10.2 Å². The van der Waals surface area contributed by atoms with Crippen LogP contribution in [-0.2, 0) is 4.79 Å². The summed E-state index contributed by atoms with van der Waals surface area (Å²) in [5, 5.41) is 10.6. The Labute approximate surface area is 140 Å². The van der Waals surface area contributed by atoms with Crippen molar-refractivity contribution in [3.05, 3.63) is 51.6 Å². The Bertz CT molecular complexity index is 831. The lowest BCUT2D eigenvalue weighted by atomic mass is 10.2. The van der Waals surface area contributed by atoms with Crippen molar-refractivity contribution in [1.82, 2.24) is 15.2 Å². The molecular weight excluding hydrogens is 395 g/mol. The molecule has 1 heterocycles. The van der Waals surface area contributed by atoms with Crippen molar-refractivity contribution in [2.45, 2.75) is 6.92 Å². The minimum Gasteiger partial charge on any atom is -0.385 e. The van der Waals surface area contributed by atoms with E-state index in [-0.39, 0.29) is 12.5 Å². The topological polar surface area (TPSA) is 69.0 Å². The third-order valence-electron chi connectivity index (χ3n) is 3.10. The highest BCUT2D eigenvalue weighted by Gasteiger charge is 2.09. The monoisotopic (exact) mass is 408 g/mol. The largest absolute Gasteiger partial charge is 0.385 e. The van der Waals surface area contributed by atoms with Crippen molar-refractivity contribution in [1.29, 1.82) is 0 Å². The maximum atomic E-state index is 12.0. The lowest BCUT2D eigenvalue weighted by Crippen LogP contribution is -2.26. The second-order valence-electron chi connectivity index (χ2n) is 4.73. The number of nitrogens with zero attached hydrogens (tertiary/aromatic N) is 3. The van der Waals surface area contributed by atoms with Gasteiger partial charge in [-0.3, -0.25) is 4.79 Å². The first-order valence-electron chi connectivity index (χ1n) is 6.63. The molecule has 0 aliphatic heterocycles. The van der Waals surface area contributed by atoms with Crippen LogP contribution in [0, 0.1) is 10.5 Å². The van der Waals surface area contributed by atoms with Crippen molar-refractivity contribution >= 4 is 45.2 Å². The maximum Gasteiger partial charge on any atom is 0.265 e. The number of aryl methyl sites for hydroxylation is 1. The summed E-state index contributed by atoms with van der Waals surface area (Å²) in [5.41, 5.74) is 3.22. The van der Waals surface area contributed by atoms with Gasteiger partial charge in [0.2, 0.25) is 0 Å². The zero-order chi connectivity index (χ0) is 15.5. The number of aromatic nitrogens is 3. The van der Waals surface area contributed by atoms with Gasteiger partial charge in [-0.1, -0.05) is 17.0 Å². The second kappa shape index (κ2) is 6.30. The molecule has 0 saturated carbocycles. The van der Waals surface area contributed by atoms with E-state index in [9.17, 15) is 4.79 Å². The van der Waals surface area contributed by atoms with Crippen molar-refractivity contribution in [3.63, 3.8) is 0 Å². The molecule has 1 aromatic heterocycles. The molecule has 0 unspecified atom stereocenters. The molecule has 3 aromatic rings. The maximum absolute atomic E-state index is 12.0. The number of hydrogen-bond donors (Lipinski definition) is 1. The lowest BCUT2D eigenvalue weighted by Gasteiger charge is -2.09. The summed E-state index contributed by atoms with van der Waals surface area (Å²) < 4.78 is 1.12. The van der Waals surface area contributed by atoms with E-state index in [0.29, 0.717) is 0 Å². The molecule has 1 amide bonds. The van der Waals surface area contributed by atoms with Gasteiger partial charge in [0.1, 0.15) is 11.0 Å². The molecule has 2 aromatic carbocycles. The lowest BCUT2D eigenvalue weighted by molar-refractivity contribution is -0.121. The van der Waals surface area contributed by atoms with Crippen LogP contribution in [0.3, 0.4) is 0 Å². The highest BCUT2D eigenvalue weighted by Crippen LogP contribution is 2.17. The molecule has 0 bridgehead atoms. The quantitative estimate of drug-likeness (QED) is 0.674. The molecule has 0 aliphatic rings. The van der Waals surface area contributed by atoms with E-state index in [4.69, 9.17) is 4.84 Å². The predicted molar refractivity (Wildman–Crippen MR) is 91.5 cm³/mol. The Hall–Kier alpha value is -2.16. The van der Waals surface area contributed by atoms with Crippen LogP contribution in [0.5, 0.6) is 0 Å². The van der Waals surface area contributed by atoms with Gasteiger partial charge in [-0.2, -0.15) is 0 Å². The van der Waals surface area contributed by atoms with Crippen LogP contribution in [0.2, 0.25) is 0 Å². The molecule has 6 nitrogen and oxygen atoms in total. The molecule has 0 spiro atoms. The average molecular weight is 408 g/mol. The molecule has 22 heavy (non-hydrogen) atoms. The minimum absolute atomic E-state index is 0.140. The number of rotatable bonds is 4. The van der Waals surface area contributed by atoms with E-state index in [1.54, 1.807) is 0 Å². The Balaban J connectivity index is 1.65. The number of para-hydroxylation sites is 1. The van der Waals surface area contributed by atoms with E-state index in [2.05, 4.69) is 38.2 Å². The first kappa shape index (κ1) is 14.8. The third-order valence-corrected chi connectivity index (χ3v) is 3.77. The van der Waals surface area contributed by atoms with Crippen LogP contribution in [0.4, 0.5) is 5.69 Å². The van der Waals surface area contributed by atoms with Gasteiger partial charge in [-0.15, -0.1) is 5.10 Å². The number of fused-ring (bicyclic) bond motifs is 1. The zero-order valence-electron chi connectivity index (χ0n) is 11.8.